The zero-order chi connectivity index (χ0) is 14.7. The first-order valence-electron chi connectivity index (χ1n) is 7.51. The molecular weight excluding hydrogens is 244 g/mol. The van der Waals surface area contributed by atoms with Gasteiger partial charge in [-0.15, -0.1) is 0 Å². The van der Waals surface area contributed by atoms with Crippen molar-refractivity contribution in [1.29, 1.82) is 0 Å². The smallest absolute Gasteiger partial charge is 0.231 e. The van der Waals surface area contributed by atoms with Crippen molar-refractivity contribution in [2.24, 2.45) is 11.8 Å². The fourth-order valence-electron chi connectivity index (χ4n) is 1.38. The van der Waals surface area contributed by atoms with Crippen LogP contribution in [0.15, 0.2) is 0 Å². The summed E-state index contributed by atoms with van der Waals surface area (Å²) in [5.74, 6) is 0.0341. The molecule has 0 aromatic carbocycles. The fraction of sp³-hybridized carbons (Fsp3) is 1.00. The lowest BCUT2D eigenvalue weighted by Crippen LogP contribution is -2.33. The van der Waals surface area contributed by atoms with Crippen LogP contribution in [0.25, 0.3) is 0 Å². The summed E-state index contributed by atoms with van der Waals surface area (Å²) in [6, 6.07) is 0. The highest BCUT2D eigenvalue weighted by molar-refractivity contribution is 4.59. The summed E-state index contributed by atoms with van der Waals surface area (Å²) < 4.78 is 0. The molecule has 19 heavy (non-hydrogen) atoms. The fourth-order valence-corrected chi connectivity index (χ4v) is 1.38. The molecule has 0 rings (SSSR count). The molecule has 0 amide bonds. The molecule has 4 heteroatoms. The number of hydrogen-bond acceptors (Lipinski definition) is 4. The van der Waals surface area contributed by atoms with Crippen LogP contribution in [0, 0.1) is 11.8 Å². The first-order chi connectivity index (χ1) is 8.89. The SMILES string of the molecule is CCCCCC(C)(OOCC(C)C)OOCC(C)C. The Hall–Kier alpha value is -0.160. The maximum absolute atomic E-state index is 5.42. The van der Waals surface area contributed by atoms with Gasteiger partial charge in [-0.05, 0) is 25.2 Å². The Labute approximate surface area is 118 Å². The molecule has 0 N–H and O–H groups in total. The molecule has 0 aromatic heterocycles. The van der Waals surface area contributed by atoms with Crippen molar-refractivity contribution < 1.29 is 19.6 Å². The normalized spacial score (nSPS) is 12.6. The van der Waals surface area contributed by atoms with Gasteiger partial charge < -0.3 is 0 Å². The predicted molar refractivity (Wildman–Crippen MR) is 76.3 cm³/mol. The molecule has 0 aliphatic rings. The molecule has 0 aromatic rings. The van der Waals surface area contributed by atoms with Gasteiger partial charge in [-0.25, -0.2) is 9.78 Å². The van der Waals surface area contributed by atoms with E-state index in [1.807, 2.05) is 6.92 Å². The van der Waals surface area contributed by atoms with Crippen LogP contribution in [0.1, 0.15) is 67.2 Å². The maximum atomic E-state index is 5.42. The maximum Gasteiger partial charge on any atom is 0.231 e. The summed E-state index contributed by atoms with van der Waals surface area (Å²) in [4.78, 5) is 21.3. The molecule has 0 spiro atoms. The lowest BCUT2D eigenvalue weighted by Gasteiger charge is -2.27. The largest absolute Gasteiger partial charge is 0.233 e. The highest BCUT2D eigenvalue weighted by Gasteiger charge is 2.29. The molecule has 4 nitrogen and oxygen atoms in total. The van der Waals surface area contributed by atoms with E-state index in [1.165, 1.54) is 0 Å². The molecular formula is C15H32O4. The van der Waals surface area contributed by atoms with Crippen LogP contribution in [-0.4, -0.2) is 19.0 Å². The van der Waals surface area contributed by atoms with E-state index in [1.54, 1.807) is 0 Å². The number of hydrogen-bond donors (Lipinski definition) is 0. The van der Waals surface area contributed by atoms with E-state index < -0.39 is 5.79 Å². The molecule has 0 heterocycles. The van der Waals surface area contributed by atoms with Gasteiger partial charge in [-0.3, -0.25) is 0 Å². The van der Waals surface area contributed by atoms with E-state index >= 15 is 0 Å². The summed E-state index contributed by atoms with van der Waals surface area (Å²) in [5, 5.41) is 0. The van der Waals surface area contributed by atoms with Crippen LogP contribution in [-0.2, 0) is 19.6 Å². The van der Waals surface area contributed by atoms with Gasteiger partial charge in [0.05, 0.1) is 13.2 Å². The molecule has 0 atom stereocenters. The van der Waals surface area contributed by atoms with Crippen molar-refractivity contribution >= 4 is 0 Å². The second kappa shape index (κ2) is 10.6. The van der Waals surface area contributed by atoms with Gasteiger partial charge in [0.1, 0.15) is 0 Å². The predicted octanol–water partition coefficient (Wildman–Crippen LogP) is 4.49. The summed E-state index contributed by atoms with van der Waals surface area (Å²) in [5.41, 5.74) is 0. The van der Waals surface area contributed by atoms with Gasteiger partial charge in [0.2, 0.25) is 5.79 Å². The second-order valence-electron chi connectivity index (χ2n) is 6.11. The third-order valence-corrected chi connectivity index (χ3v) is 2.51. The Morgan fingerprint density at radius 3 is 1.68 bits per heavy atom. The Morgan fingerprint density at radius 1 is 0.842 bits per heavy atom. The molecule has 0 fully saturated rings. The van der Waals surface area contributed by atoms with Gasteiger partial charge in [-0.1, -0.05) is 47.5 Å². The lowest BCUT2D eigenvalue weighted by atomic mass is 10.1. The average Bonchev–Trinajstić information content (AvgIpc) is 2.28. The molecule has 116 valence electrons. The van der Waals surface area contributed by atoms with Crippen molar-refractivity contribution in [3.8, 4) is 0 Å². The van der Waals surface area contributed by atoms with E-state index in [4.69, 9.17) is 19.6 Å². The van der Waals surface area contributed by atoms with Gasteiger partial charge >= 0.3 is 0 Å². The Morgan fingerprint density at radius 2 is 1.32 bits per heavy atom. The summed E-state index contributed by atoms with van der Waals surface area (Å²) in [6.45, 7) is 13.4. The molecule has 0 saturated heterocycles. The topological polar surface area (TPSA) is 36.9 Å². The first-order valence-corrected chi connectivity index (χ1v) is 7.51. The summed E-state index contributed by atoms with van der Waals surface area (Å²) in [7, 11) is 0. The minimum atomic E-state index is -0.820. The Balaban J connectivity index is 4.10. The van der Waals surface area contributed by atoms with Gasteiger partial charge in [0, 0.05) is 6.42 Å². The van der Waals surface area contributed by atoms with Crippen LogP contribution < -0.4 is 0 Å². The van der Waals surface area contributed by atoms with Crippen LogP contribution in [0.2, 0.25) is 0 Å². The molecule has 0 aliphatic carbocycles. The van der Waals surface area contributed by atoms with E-state index in [9.17, 15) is 0 Å². The van der Waals surface area contributed by atoms with Crippen molar-refractivity contribution in [2.75, 3.05) is 13.2 Å². The average molecular weight is 276 g/mol. The minimum absolute atomic E-state index is 0.427. The third kappa shape index (κ3) is 11.4. The molecule has 0 radical (unpaired) electrons. The number of unbranched alkanes of at least 4 members (excludes halogenated alkanes) is 2. The molecule has 0 unspecified atom stereocenters. The quantitative estimate of drug-likeness (QED) is 0.228. The van der Waals surface area contributed by atoms with E-state index in [-0.39, 0.29) is 0 Å². The molecule has 0 bridgehead atoms. The van der Waals surface area contributed by atoms with Crippen LogP contribution in [0.3, 0.4) is 0 Å². The standard InChI is InChI=1S/C15H32O4/c1-7-8-9-10-15(6,18-16-11-13(2)3)19-17-12-14(4)5/h13-14H,7-12H2,1-6H3. The van der Waals surface area contributed by atoms with Gasteiger partial charge in [0.15, 0.2) is 0 Å². The van der Waals surface area contributed by atoms with Crippen molar-refractivity contribution in [2.45, 2.75) is 73.0 Å². The van der Waals surface area contributed by atoms with Gasteiger partial charge in [0.25, 0.3) is 0 Å². The van der Waals surface area contributed by atoms with Crippen molar-refractivity contribution in [1.82, 2.24) is 0 Å². The Bertz CT molecular complexity index is 190. The lowest BCUT2D eigenvalue weighted by molar-refractivity contribution is -0.510. The van der Waals surface area contributed by atoms with Crippen LogP contribution in [0.5, 0.6) is 0 Å². The monoisotopic (exact) mass is 276 g/mol. The van der Waals surface area contributed by atoms with Crippen molar-refractivity contribution in [3.05, 3.63) is 0 Å². The zero-order valence-corrected chi connectivity index (χ0v) is 13.5. The highest BCUT2D eigenvalue weighted by atomic mass is 17.3. The summed E-state index contributed by atoms with van der Waals surface area (Å²) >= 11 is 0. The summed E-state index contributed by atoms with van der Waals surface area (Å²) in [6.07, 6.45) is 4.10. The van der Waals surface area contributed by atoms with Crippen LogP contribution >= 0.6 is 0 Å². The Kier molecular flexibility index (Phi) is 10.5. The highest BCUT2D eigenvalue weighted by Crippen LogP contribution is 2.22. The zero-order valence-electron chi connectivity index (χ0n) is 13.5. The number of rotatable bonds is 12. The molecule has 0 saturated carbocycles. The molecule has 0 aliphatic heterocycles. The first kappa shape index (κ1) is 18.8. The van der Waals surface area contributed by atoms with Gasteiger partial charge in [-0.2, -0.15) is 9.78 Å². The van der Waals surface area contributed by atoms with E-state index in [0.717, 1.165) is 25.7 Å². The van der Waals surface area contributed by atoms with Crippen LogP contribution in [0.4, 0.5) is 0 Å². The van der Waals surface area contributed by atoms with Crippen molar-refractivity contribution in [3.63, 3.8) is 0 Å². The third-order valence-electron chi connectivity index (χ3n) is 2.51. The second-order valence-corrected chi connectivity index (χ2v) is 6.11. The van der Waals surface area contributed by atoms with E-state index in [0.29, 0.717) is 25.0 Å². The minimum Gasteiger partial charge on any atom is -0.233 e. The van der Waals surface area contributed by atoms with E-state index in [2.05, 4.69) is 34.6 Å².